The van der Waals surface area contributed by atoms with E-state index in [-0.39, 0.29) is 0 Å². The third-order valence-electron chi connectivity index (χ3n) is 10.9. The van der Waals surface area contributed by atoms with Gasteiger partial charge in [-0.3, -0.25) is 0 Å². The van der Waals surface area contributed by atoms with Crippen LogP contribution in [0.25, 0.3) is 110 Å². The van der Waals surface area contributed by atoms with E-state index in [2.05, 4.69) is 176 Å². The molecule has 0 N–H and O–H groups in total. The third-order valence-corrected chi connectivity index (χ3v) is 10.9. The van der Waals surface area contributed by atoms with Crippen LogP contribution in [0.4, 0.5) is 0 Å². The summed E-state index contributed by atoms with van der Waals surface area (Å²) < 4.78 is 6.28. The lowest BCUT2D eigenvalue weighted by Crippen LogP contribution is -1.99. The van der Waals surface area contributed by atoms with Gasteiger partial charge in [0.2, 0.25) is 0 Å². The van der Waals surface area contributed by atoms with Crippen molar-refractivity contribution in [3.8, 4) is 56.2 Å². The summed E-state index contributed by atoms with van der Waals surface area (Å²) in [6, 6.07) is 68.5. The summed E-state index contributed by atoms with van der Waals surface area (Å²) in [6.45, 7) is 0. The third kappa shape index (κ3) is 5.20. The quantitative estimate of drug-likeness (QED) is 0.133. The Morgan fingerprint density at radius 1 is 0.327 bits per heavy atom. The zero-order chi connectivity index (χ0) is 36.3. The molecule has 0 spiro atoms. The molecule has 3 heteroatoms. The predicted octanol–water partition coefficient (Wildman–Crippen LogP) is 14.2. The maximum Gasteiger partial charge on any atom is 0.161 e. The molecule has 0 aliphatic carbocycles. The molecule has 0 radical (unpaired) electrons. The first-order chi connectivity index (χ1) is 27.3. The van der Waals surface area contributed by atoms with E-state index in [1.807, 2.05) is 18.2 Å². The highest BCUT2D eigenvalue weighted by Crippen LogP contribution is 2.42. The highest BCUT2D eigenvalue weighted by Gasteiger charge is 2.20. The van der Waals surface area contributed by atoms with Crippen LogP contribution < -0.4 is 0 Å². The molecule has 0 bridgehead atoms. The molecule has 2 heterocycles. The Labute approximate surface area is 317 Å². The first kappa shape index (κ1) is 31.2. The second-order valence-corrected chi connectivity index (χ2v) is 14.1. The molecule has 9 aromatic carbocycles. The second-order valence-electron chi connectivity index (χ2n) is 14.1. The number of para-hydroxylation sites is 1. The van der Waals surface area contributed by atoms with Gasteiger partial charge in [-0.2, -0.15) is 0 Å². The molecule has 0 saturated heterocycles. The Morgan fingerprint density at radius 2 is 0.964 bits per heavy atom. The van der Waals surface area contributed by atoms with E-state index in [9.17, 15) is 0 Å². The van der Waals surface area contributed by atoms with Gasteiger partial charge in [0.1, 0.15) is 11.2 Å². The fourth-order valence-electron chi connectivity index (χ4n) is 8.34. The molecule has 3 nitrogen and oxygen atoms in total. The summed E-state index contributed by atoms with van der Waals surface area (Å²) in [4.78, 5) is 11.0. The summed E-state index contributed by atoms with van der Waals surface area (Å²) in [5.74, 6) is 0.695. The van der Waals surface area contributed by atoms with Crippen LogP contribution in [0.1, 0.15) is 0 Å². The fraction of sp³-hybridized carbons (Fsp3) is 0. The van der Waals surface area contributed by atoms with Gasteiger partial charge >= 0.3 is 0 Å². The Balaban J connectivity index is 1.19. The normalized spacial score (nSPS) is 11.6. The smallest absolute Gasteiger partial charge is 0.161 e. The van der Waals surface area contributed by atoms with Crippen molar-refractivity contribution in [3.05, 3.63) is 194 Å². The molecule has 2 aromatic heterocycles. The maximum atomic E-state index is 6.28. The molecule has 256 valence electrons. The average Bonchev–Trinajstić information content (AvgIpc) is 3.65. The van der Waals surface area contributed by atoms with Gasteiger partial charge in [-0.25, -0.2) is 9.97 Å². The number of furan rings is 1. The van der Waals surface area contributed by atoms with E-state index in [0.29, 0.717) is 5.82 Å². The molecule has 0 amide bonds. The van der Waals surface area contributed by atoms with Gasteiger partial charge in [0.25, 0.3) is 0 Å². The van der Waals surface area contributed by atoms with Crippen LogP contribution in [0.2, 0.25) is 0 Å². The van der Waals surface area contributed by atoms with E-state index in [1.165, 1.54) is 16.2 Å². The highest BCUT2D eigenvalue weighted by atomic mass is 16.3. The minimum absolute atomic E-state index is 0.695. The first-order valence-electron chi connectivity index (χ1n) is 18.7. The van der Waals surface area contributed by atoms with E-state index in [4.69, 9.17) is 14.4 Å². The van der Waals surface area contributed by atoms with E-state index in [0.717, 1.165) is 88.4 Å². The van der Waals surface area contributed by atoms with Gasteiger partial charge in [0.05, 0.1) is 11.4 Å². The number of hydrogen-bond donors (Lipinski definition) is 0. The summed E-state index contributed by atoms with van der Waals surface area (Å²) in [7, 11) is 0. The maximum absolute atomic E-state index is 6.28. The van der Waals surface area contributed by atoms with Crippen LogP contribution in [0.3, 0.4) is 0 Å². The SMILES string of the molecule is c1ccc(-c2ccccc2-c2cc(-c3cccc(-c4cccc5oc6ccccc6c45)c3)nc(-c3c4ccccc4cc4c3ccc3ccccc34)n2)cc1. The van der Waals surface area contributed by atoms with Crippen molar-refractivity contribution in [2.24, 2.45) is 0 Å². The molecule has 0 saturated carbocycles. The van der Waals surface area contributed by atoms with Gasteiger partial charge in [-0.1, -0.05) is 164 Å². The molecular weight excluding hydrogens is 669 g/mol. The van der Waals surface area contributed by atoms with E-state index < -0.39 is 0 Å². The van der Waals surface area contributed by atoms with Crippen molar-refractivity contribution in [1.29, 1.82) is 0 Å². The number of aromatic nitrogens is 2. The molecule has 11 aromatic rings. The molecule has 0 aliphatic heterocycles. The van der Waals surface area contributed by atoms with Crippen molar-refractivity contribution < 1.29 is 4.42 Å². The lowest BCUT2D eigenvalue weighted by molar-refractivity contribution is 0.669. The van der Waals surface area contributed by atoms with Gasteiger partial charge in [-0.05, 0) is 84.9 Å². The first-order valence-corrected chi connectivity index (χ1v) is 18.7. The van der Waals surface area contributed by atoms with Gasteiger partial charge in [0.15, 0.2) is 5.82 Å². The lowest BCUT2D eigenvalue weighted by atomic mass is 9.92. The highest BCUT2D eigenvalue weighted by molar-refractivity contribution is 6.19. The number of nitrogens with zero attached hydrogens (tertiary/aromatic N) is 2. The number of hydrogen-bond acceptors (Lipinski definition) is 3. The van der Waals surface area contributed by atoms with Crippen LogP contribution in [-0.2, 0) is 0 Å². The zero-order valence-electron chi connectivity index (χ0n) is 29.8. The van der Waals surface area contributed by atoms with Crippen LogP contribution >= 0.6 is 0 Å². The molecular formula is C52H32N2O. The van der Waals surface area contributed by atoms with Gasteiger partial charge < -0.3 is 4.42 Å². The Kier molecular flexibility index (Phi) is 7.17. The molecule has 0 atom stereocenters. The van der Waals surface area contributed by atoms with Crippen molar-refractivity contribution in [2.45, 2.75) is 0 Å². The Morgan fingerprint density at radius 3 is 1.85 bits per heavy atom. The summed E-state index contributed by atoms with van der Waals surface area (Å²) >= 11 is 0. The topological polar surface area (TPSA) is 38.9 Å². The lowest BCUT2D eigenvalue weighted by Gasteiger charge is -2.16. The van der Waals surface area contributed by atoms with Crippen molar-refractivity contribution in [3.63, 3.8) is 0 Å². The molecule has 0 aliphatic rings. The number of rotatable bonds is 5. The molecule has 0 fully saturated rings. The Bertz CT molecular complexity index is 3270. The summed E-state index contributed by atoms with van der Waals surface area (Å²) in [5, 5.41) is 9.25. The second kappa shape index (κ2) is 12.6. The predicted molar refractivity (Wildman–Crippen MR) is 229 cm³/mol. The number of benzene rings is 9. The van der Waals surface area contributed by atoms with E-state index >= 15 is 0 Å². The Hall–Kier alpha value is -7.36. The van der Waals surface area contributed by atoms with Crippen molar-refractivity contribution in [1.82, 2.24) is 9.97 Å². The van der Waals surface area contributed by atoms with Gasteiger partial charge in [-0.15, -0.1) is 0 Å². The van der Waals surface area contributed by atoms with Crippen LogP contribution in [0.5, 0.6) is 0 Å². The zero-order valence-corrected chi connectivity index (χ0v) is 29.8. The molecule has 0 unspecified atom stereocenters. The summed E-state index contributed by atoms with van der Waals surface area (Å²) in [5.41, 5.74) is 11.1. The van der Waals surface area contributed by atoms with Crippen LogP contribution in [0.15, 0.2) is 199 Å². The fourth-order valence-corrected chi connectivity index (χ4v) is 8.34. The number of fused-ring (bicyclic) bond motifs is 7. The summed E-state index contributed by atoms with van der Waals surface area (Å²) in [6.07, 6.45) is 0. The van der Waals surface area contributed by atoms with Crippen molar-refractivity contribution >= 4 is 54.3 Å². The minimum atomic E-state index is 0.695. The average molecular weight is 701 g/mol. The molecule has 11 rings (SSSR count). The van der Waals surface area contributed by atoms with Crippen LogP contribution in [-0.4, -0.2) is 9.97 Å². The van der Waals surface area contributed by atoms with Gasteiger partial charge in [0, 0.05) is 27.5 Å². The monoisotopic (exact) mass is 700 g/mol. The van der Waals surface area contributed by atoms with Crippen LogP contribution in [0, 0.1) is 0 Å². The largest absolute Gasteiger partial charge is 0.456 e. The van der Waals surface area contributed by atoms with Crippen molar-refractivity contribution in [2.75, 3.05) is 0 Å². The molecule has 55 heavy (non-hydrogen) atoms. The van der Waals surface area contributed by atoms with E-state index in [1.54, 1.807) is 0 Å². The standard InChI is InChI=1S/C52H32N2O/c1-2-14-33(15-3-1)38-20-8-9-23-42(38)47-32-46(37-19-12-18-35(30-37)40-25-13-27-49-50(40)44-24-10-11-26-48(44)55-49)53-52(54-47)51-41-22-7-5-17-36(41)31-45-39-21-6-4-16-34(39)28-29-43(45)51/h1-32H. The minimum Gasteiger partial charge on any atom is -0.456 e.